The molecular weight excluding hydrogens is 272 g/mol. The van der Waals surface area contributed by atoms with E-state index in [2.05, 4.69) is 0 Å². The number of nitrogens with zero attached hydrogens (tertiary/aromatic N) is 2. The number of carbonyl (C=O) groups excluding carboxylic acids is 1. The predicted octanol–water partition coefficient (Wildman–Crippen LogP) is 3.73. The van der Waals surface area contributed by atoms with Crippen LogP contribution in [-0.2, 0) is 13.6 Å². The van der Waals surface area contributed by atoms with Crippen molar-refractivity contribution in [1.82, 2.24) is 9.47 Å². The van der Waals surface area contributed by atoms with E-state index >= 15 is 0 Å². The van der Waals surface area contributed by atoms with Gasteiger partial charge in [0.2, 0.25) is 0 Å². The number of rotatable bonds is 4. The van der Waals surface area contributed by atoms with Gasteiger partial charge in [-0.1, -0.05) is 11.6 Å². The van der Waals surface area contributed by atoms with Crippen molar-refractivity contribution in [1.29, 1.82) is 0 Å². The molecule has 1 heterocycles. The van der Waals surface area contributed by atoms with E-state index in [-0.39, 0.29) is 11.9 Å². The van der Waals surface area contributed by atoms with Crippen molar-refractivity contribution in [3.05, 3.63) is 58.9 Å². The van der Waals surface area contributed by atoms with Crippen LogP contribution in [0, 0.1) is 0 Å². The fourth-order valence-electron chi connectivity index (χ4n) is 2.08. The number of halogens is 1. The Morgan fingerprint density at radius 3 is 2.40 bits per heavy atom. The molecule has 0 aliphatic heterocycles. The van der Waals surface area contributed by atoms with E-state index in [4.69, 9.17) is 11.6 Å². The molecule has 2 aromatic rings. The smallest absolute Gasteiger partial charge is 0.254 e. The van der Waals surface area contributed by atoms with Gasteiger partial charge in [0.15, 0.2) is 0 Å². The van der Waals surface area contributed by atoms with Gasteiger partial charge in [0, 0.05) is 35.6 Å². The molecule has 20 heavy (non-hydrogen) atoms. The molecule has 3 nitrogen and oxygen atoms in total. The van der Waals surface area contributed by atoms with Gasteiger partial charge in [-0.2, -0.15) is 0 Å². The Labute approximate surface area is 124 Å². The zero-order valence-electron chi connectivity index (χ0n) is 12.0. The van der Waals surface area contributed by atoms with Crippen molar-refractivity contribution in [3.8, 4) is 0 Å². The number of hydrogen-bond acceptors (Lipinski definition) is 1. The summed E-state index contributed by atoms with van der Waals surface area (Å²) in [4.78, 5) is 14.5. The fourth-order valence-corrected chi connectivity index (χ4v) is 2.21. The lowest BCUT2D eigenvalue weighted by Gasteiger charge is -2.27. The third kappa shape index (κ3) is 3.23. The van der Waals surface area contributed by atoms with E-state index in [0.29, 0.717) is 17.1 Å². The minimum absolute atomic E-state index is 0.0258. The summed E-state index contributed by atoms with van der Waals surface area (Å²) in [5, 5.41) is 0.639. The topological polar surface area (TPSA) is 25.2 Å². The standard InChI is InChI=1S/C16H19ClN2O/c1-12(2)19(11-15-5-4-10-18(15)3)16(20)13-6-8-14(17)9-7-13/h4-10,12H,11H2,1-3H3. The minimum Gasteiger partial charge on any atom is -0.353 e. The van der Waals surface area contributed by atoms with Gasteiger partial charge in [-0.3, -0.25) is 4.79 Å². The van der Waals surface area contributed by atoms with E-state index < -0.39 is 0 Å². The summed E-state index contributed by atoms with van der Waals surface area (Å²) in [5.41, 5.74) is 1.78. The molecule has 1 amide bonds. The van der Waals surface area contributed by atoms with Crippen molar-refractivity contribution in [2.45, 2.75) is 26.4 Å². The maximum Gasteiger partial charge on any atom is 0.254 e. The summed E-state index contributed by atoms with van der Waals surface area (Å²) in [6.45, 7) is 4.65. The van der Waals surface area contributed by atoms with E-state index in [1.807, 2.05) is 48.7 Å². The molecule has 0 spiro atoms. The van der Waals surface area contributed by atoms with Gasteiger partial charge in [0.1, 0.15) is 0 Å². The van der Waals surface area contributed by atoms with Crippen LogP contribution >= 0.6 is 11.6 Å². The van der Waals surface area contributed by atoms with E-state index in [1.54, 1.807) is 24.3 Å². The molecule has 0 aliphatic rings. The monoisotopic (exact) mass is 290 g/mol. The molecule has 0 fully saturated rings. The molecule has 1 aromatic carbocycles. The van der Waals surface area contributed by atoms with Crippen LogP contribution < -0.4 is 0 Å². The number of carbonyl (C=O) groups is 1. The summed E-state index contributed by atoms with van der Waals surface area (Å²) in [6, 6.07) is 11.2. The number of hydrogen-bond donors (Lipinski definition) is 0. The normalized spacial score (nSPS) is 10.8. The van der Waals surface area contributed by atoms with Crippen molar-refractivity contribution in [3.63, 3.8) is 0 Å². The van der Waals surface area contributed by atoms with Crippen molar-refractivity contribution >= 4 is 17.5 Å². The van der Waals surface area contributed by atoms with Crippen LogP contribution in [0.4, 0.5) is 0 Å². The van der Waals surface area contributed by atoms with Crippen LogP contribution in [0.25, 0.3) is 0 Å². The first kappa shape index (κ1) is 14.7. The largest absolute Gasteiger partial charge is 0.353 e. The van der Waals surface area contributed by atoms with Gasteiger partial charge in [-0.15, -0.1) is 0 Å². The molecule has 0 bridgehead atoms. The molecule has 2 rings (SSSR count). The Hall–Kier alpha value is -1.74. The van der Waals surface area contributed by atoms with Gasteiger partial charge >= 0.3 is 0 Å². The predicted molar refractivity (Wildman–Crippen MR) is 81.9 cm³/mol. The third-order valence-corrected chi connectivity index (χ3v) is 3.61. The van der Waals surface area contributed by atoms with E-state index in [1.165, 1.54) is 0 Å². The first-order valence-corrected chi connectivity index (χ1v) is 7.03. The van der Waals surface area contributed by atoms with Gasteiger partial charge in [-0.05, 0) is 50.2 Å². The minimum atomic E-state index is 0.0258. The average molecular weight is 291 g/mol. The summed E-state index contributed by atoms with van der Waals surface area (Å²) < 4.78 is 2.03. The molecule has 0 saturated heterocycles. The molecule has 0 unspecified atom stereocenters. The van der Waals surface area contributed by atoms with E-state index in [9.17, 15) is 4.79 Å². The van der Waals surface area contributed by atoms with Crippen LogP contribution in [0.2, 0.25) is 5.02 Å². The Morgan fingerprint density at radius 1 is 1.25 bits per heavy atom. The Kier molecular flexibility index (Phi) is 4.50. The van der Waals surface area contributed by atoms with Crippen molar-refractivity contribution < 1.29 is 4.79 Å². The summed E-state index contributed by atoms with van der Waals surface area (Å²) in [6.07, 6.45) is 1.99. The fraction of sp³-hybridized carbons (Fsp3) is 0.312. The second kappa shape index (κ2) is 6.14. The molecule has 1 aromatic heterocycles. The average Bonchev–Trinajstić information content (AvgIpc) is 2.81. The van der Waals surface area contributed by atoms with Crippen LogP contribution in [0.1, 0.15) is 29.9 Å². The summed E-state index contributed by atoms with van der Waals surface area (Å²) in [7, 11) is 1.99. The van der Waals surface area contributed by atoms with Crippen molar-refractivity contribution in [2.24, 2.45) is 7.05 Å². The molecule has 106 valence electrons. The number of amides is 1. The third-order valence-electron chi connectivity index (χ3n) is 3.36. The zero-order chi connectivity index (χ0) is 14.7. The van der Waals surface area contributed by atoms with Crippen LogP contribution in [0.3, 0.4) is 0 Å². The first-order chi connectivity index (χ1) is 9.49. The molecular formula is C16H19ClN2O. The second-order valence-electron chi connectivity index (χ2n) is 5.14. The highest BCUT2D eigenvalue weighted by molar-refractivity contribution is 6.30. The molecule has 0 saturated carbocycles. The SMILES string of the molecule is CC(C)N(Cc1cccn1C)C(=O)c1ccc(Cl)cc1. The highest BCUT2D eigenvalue weighted by Gasteiger charge is 2.19. The van der Waals surface area contributed by atoms with Gasteiger partial charge in [0.25, 0.3) is 5.91 Å². The highest BCUT2D eigenvalue weighted by atomic mass is 35.5. The molecule has 4 heteroatoms. The maximum absolute atomic E-state index is 12.6. The Morgan fingerprint density at radius 2 is 1.90 bits per heavy atom. The Bertz CT molecular complexity index is 587. The first-order valence-electron chi connectivity index (χ1n) is 6.66. The molecule has 0 atom stereocenters. The maximum atomic E-state index is 12.6. The number of aromatic nitrogens is 1. The Balaban J connectivity index is 2.22. The van der Waals surface area contributed by atoms with Crippen LogP contribution in [0.5, 0.6) is 0 Å². The van der Waals surface area contributed by atoms with Gasteiger partial charge in [-0.25, -0.2) is 0 Å². The van der Waals surface area contributed by atoms with Crippen LogP contribution in [-0.4, -0.2) is 21.4 Å². The molecule has 0 radical (unpaired) electrons. The molecule has 0 aliphatic carbocycles. The van der Waals surface area contributed by atoms with Crippen molar-refractivity contribution in [2.75, 3.05) is 0 Å². The lowest BCUT2D eigenvalue weighted by molar-refractivity contribution is 0.0686. The number of aryl methyl sites for hydroxylation is 1. The number of benzene rings is 1. The summed E-state index contributed by atoms with van der Waals surface area (Å²) >= 11 is 5.87. The lowest BCUT2D eigenvalue weighted by Crippen LogP contribution is -2.36. The molecule has 0 N–H and O–H groups in total. The second-order valence-corrected chi connectivity index (χ2v) is 5.58. The summed E-state index contributed by atoms with van der Waals surface area (Å²) in [5.74, 6) is 0.0258. The van der Waals surface area contributed by atoms with Crippen LogP contribution in [0.15, 0.2) is 42.6 Å². The lowest BCUT2D eigenvalue weighted by atomic mass is 10.1. The zero-order valence-corrected chi connectivity index (χ0v) is 12.8. The quantitative estimate of drug-likeness (QED) is 0.842. The van der Waals surface area contributed by atoms with E-state index in [0.717, 1.165) is 5.69 Å². The van der Waals surface area contributed by atoms with Gasteiger partial charge in [0.05, 0.1) is 6.54 Å². The van der Waals surface area contributed by atoms with Gasteiger partial charge < -0.3 is 9.47 Å². The highest BCUT2D eigenvalue weighted by Crippen LogP contribution is 2.16.